The van der Waals surface area contributed by atoms with Gasteiger partial charge >= 0.3 is 5.97 Å². The summed E-state index contributed by atoms with van der Waals surface area (Å²) in [7, 11) is 0. The van der Waals surface area contributed by atoms with E-state index in [-0.39, 0.29) is 29.7 Å². The predicted molar refractivity (Wildman–Crippen MR) is 75.0 cm³/mol. The van der Waals surface area contributed by atoms with E-state index >= 15 is 0 Å². The van der Waals surface area contributed by atoms with Crippen molar-refractivity contribution in [2.45, 2.75) is 19.4 Å². The largest absolute Gasteiger partial charge is 0.478 e. The lowest BCUT2D eigenvalue weighted by atomic mass is 10.0. The highest BCUT2D eigenvalue weighted by Gasteiger charge is 2.59. The Morgan fingerprint density at radius 2 is 2.00 bits per heavy atom. The number of hydrogen-bond acceptors (Lipinski definition) is 3. The van der Waals surface area contributed by atoms with Crippen LogP contribution in [0.2, 0.25) is 0 Å². The van der Waals surface area contributed by atoms with Crippen LogP contribution in [0, 0.1) is 11.8 Å². The first-order valence-electron chi connectivity index (χ1n) is 6.87. The molecule has 0 aromatic heterocycles. The molecule has 108 valence electrons. The quantitative estimate of drug-likeness (QED) is 0.676. The molecule has 1 aliphatic carbocycles. The molecule has 1 saturated carbocycles. The lowest BCUT2D eigenvalue weighted by molar-refractivity contribution is -0.144. The maximum Gasteiger partial charge on any atom is 0.328 e. The van der Waals surface area contributed by atoms with Crippen LogP contribution in [0.25, 0.3) is 6.08 Å². The van der Waals surface area contributed by atoms with Crippen LogP contribution in [0.1, 0.15) is 30.5 Å². The van der Waals surface area contributed by atoms with E-state index in [1.807, 2.05) is 13.0 Å². The van der Waals surface area contributed by atoms with Crippen molar-refractivity contribution in [2.24, 2.45) is 11.8 Å². The van der Waals surface area contributed by atoms with Crippen LogP contribution in [0.5, 0.6) is 0 Å². The molecule has 2 amide bonds. The van der Waals surface area contributed by atoms with Crippen molar-refractivity contribution in [3.05, 3.63) is 41.5 Å². The molecule has 3 rings (SSSR count). The molecule has 2 fully saturated rings. The van der Waals surface area contributed by atoms with Gasteiger partial charge in [0.1, 0.15) is 0 Å². The van der Waals surface area contributed by atoms with Crippen LogP contribution in [-0.4, -0.2) is 27.8 Å². The average Bonchev–Trinajstić information content (AvgIpc) is 3.21. The second kappa shape index (κ2) is 4.84. The van der Waals surface area contributed by atoms with Crippen LogP contribution in [0.4, 0.5) is 0 Å². The fourth-order valence-electron chi connectivity index (χ4n) is 2.83. The summed E-state index contributed by atoms with van der Waals surface area (Å²) < 4.78 is 0. The number of likely N-dealkylation sites (tertiary alicyclic amines) is 1. The van der Waals surface area contributed by atoms with Gasteiger partial charge in [0.2, 0.25) is 11.8 Å². The zero-order chi connectivity index (χ0) is 15.1. The van der Waals surface area contributed by atoms with Crippen molar-refractivity contribution in [1.82, 2.24) is 4.90 Å². The first-order chi connectivity index (χ1) is 9.99. The number of benzene rings is 1. The van der Waals surface area contributed by atoms with Crippen LogP contribution in [0.3, 0.4) is 0 Å². The van der Waals surface area contributed by atoms with Crippen molar-refractivity contribution in [3.8, 4) is 0 Å². The van der Waals surface area contributed by atoms with Gasteiger partial charge in [-0.1, -0.05) is 18.2 Å². The number of aliphatic carboxylic acids is 1. The lowest BCUT2D eigenvalue weighted by Gasteiger charge is -2.25. The van der Waals surface area contributed by atoms with Crippen LogP contribution >= 0.6 is 0 Å². The Balaban J connectivity index is 1.83. The molecule has 2 aliphatic rings. The SMILES string of the molecule is CC(c1cccc(C=CC(=O)O)c1)N1C(=O)C2CC2C1=O. The van der Waals surface area contributed by atoms with E-state index in [0.717, 1.165) is 17.2 Å². The predicted octanol–water partition coefficient (Wildman–Crippen LogP) is 1.85. The molecule has 0 spiro atoms. The summed E-state index contributed by atoms with van der Waals surface area (Å²) in [4.78, 5) is 36.1. The van der Waals surface area contributed by atoms with Gasteiger partial charge < -0.3 is 5.11 Å². The number of carboxylic acids is 1. The van der Waals surface area contributed by atoms with Crippen LogP contribution in [0.15, 0.2) is 30.3 Å². The molecule has 0 bridgehead atoms. The number of hydrogen-bond donors (Lipinski definition) is 1. The van der Waals surface area contributed by atoms with E-state index in [1.54, 1.807) is 18.2 Å². The smallest absolute Gasteiger partial charge is 0.328 e. The second-order valence-corrected chi connectivity index (χ2v) is 5.51. The molecule has 21 heavy (non-hydrogen) atoms. The van der Waals surface area contributed by atoms with E-state index in [0.29, 0.717) is 6.42 Å². The summed E-state index contributed by atoms with van der Waals surface area (Å²) in [6.45, 7) is 1.82. The number of carbonyl (C=O) groups is 3. The van der Waals surface area contributed by atoms with Crippen molar-refractivity contribution in [2.75, 3.05) is 0 Å². The van der Waals surface area contributed by atoms with Gasteiger partial charge in [0.25, 0.3) is 0 Å². The summed E-state index contributed by atoms with van der Waals surface area (Å²) >= 11 is 0. The van der Waals surface area contributed by atoms with Crippen molar-refractivity contribution >= 4 is 23.9 Å². The van der Waals surface area contributed by atoms with Crippen LogP contribution < -0.4 is 0 Å². The van der Waals surface area contributed by atoms with E-state index in [9.17, 15) is 14.4 Å². The molecule has 3 unspecified atom stereocenters. The first kappa shape index (κ1) is 13.5. The topological polar surface area (TPSA) is 74.7 Å². The van der Waals surface area contributed by atoms with Gasteiger partial charge in [-0.3, -0.25) is 14.5 Å². The average molecular weight is 285 g/mol. The third kappa shape index (κ3) is 2.35. The Labute approximate surface area is 121 Å². The van der Waals surface area contributed by atoms with Gasteiger partial charge in [0, 0.05) is 6.08 Å². The normalized spacial score (nSPS) is 25.3. The Bertz CT molecular complexity index is 644. The molecule has 1 N–H and O–H groups in total. The van der Waals surface area contributed by atoms with Crippen molar-refractivity contribution in [1.29, 1.82) is 0 Å². The Hall–Kier alpha value is -2.43. The number of nitrogens with zero attached hydrogens (tertiary/aromatic N) is 1. The summed E-state index contributed by atoms with van der Waals surface area (Å²) in [6, 6.07) is 6.89. The molecule has 1 aromatic carbocycles. The highest BCUT2D eigenvalue weighted by Crippen LogP contribution is 2.49. The fraction of sp³-hybridized carbons (Fsp3) is 0.312. The number of piperidine rings is 1. The van der Waals surface area contributed by atoms with Gasteiger partial charge in [-0.2, -0.15) is 0 Å². The minimum absolute atomic E-state index is 0.0796. The number of amides is 2. The number of imide groups is 1. The zero-order valence-corrected chi connectivity index (χ0v) is 11.5. The highest BCUT2D eigenvalue weighted by molar-refractivity contribution is 6.09. The van der Waals surface area contributed by atoms with E-state index < -0.39 is 5.97 Å². The summed E-state index contributed by atoms with van der Waals surface area (Å²) in [6.07, 6.45) is 3.25. The number of carboxylic acid groups (broad SMARTS) is 1. The van der Waals surface area contributed by atoms with Crippen molar-refractivity contribution in [3.63, 3.8) is 0 Å². The molecular weight excluding hydrogens is 270 g/mol. The Morgan fingerprint density at radius 3 is 2.62 bits per heavy atom. The minimum atomic E-state index is -1.02. The van der Waals surface area contributed by atoms with Gasteiger partial charge in [-0.15, -0.1) is 0 Å². The maximum absolute atomic E-state index is 12.1. The third-order valence-electron chi connectivity index (χ3n) is 4.10. The summed E-state index contributed by atoms with van der Waals surface area (Å²) in [5.41, 5.74) is 1.55. The van der Waals surface area contributed by atoms with Gasteiger partial charge in [-0.05, 0) is 36.6 Å². The molecular formula is C16H15NO4. The third-order valence-corrected chi connectivity index (χ3v) is 4.10. The number of rotatable bonds is 4. The molecule has 1 aromatic rings. The van der Waals surface area contributed by atoms with Gasteiger partial charge in [0.05, 0.1) is 17.9 Å². The first-order valence-corrected chi connectivity index (χ1v) is 6.87. The molecule has 5 nitrogen and oxygen atoms in total. The Morgan fingerprint density at radius 1 is 1.33 bits per heavy atom. The molecule has 5 heteroatoms. The Kier molecular flexibility index (Phi) is 3.12. The second-order valence-electron chi connectivity index (χ2n) is 5.51. The fourth-order valence-corrected chi connectivity index (χ4v) is 2.83. The molecule has 3 atom stereocenters. The highest BCUT2D eigenvalue weighted by atomic mass is 16.4. The van der Waals surface area contributed by atoms with Gasteiger partial charge in [0.15, 0.2) is 0 Å². The standard InChI is InChI=1S/C16H15NO4/c1-9(17-15(20)12-8-13(12)16(17)21)11-4-2-3-10(7-11)5-6-14(18)19/h2-7,9,12-13H,8H2,1H3,(H,18,19). The minimum Gasteiger partial charge on any atom is -0.478 e. The maximum atomic E-state index is 12.1. The van der Waals surface area contributed by atoms with E-state index in [2.05, 4.69) is 0 Å². The monoisotopic (exact) mass is 285 g/mol. The number of fused-ring (bicyclic) bond motifs is 1. The lowest BCUT2D eigenvalue weighted by Crippen LogP contribution is -2.35. The molecule has 0 radical (unpaired) electrons. The van der Waals surface area contributed by atoms with E-state index in [1.165, 1.54) is 11.0 Å². The summed E-state index contributed by atoms with van der Waals surface area (Å²) in [5, 5.41) is 8.64. The summed E-state index contributed by atoms with van der Waals surface area (Å²) in [5.74, 6) is -1.38. The molecule has 1 heterocycles. The van der Waals surface area contributed by atoms with Gasteiger partial charge in [-0.25, -0.2) is 4.79 Å². The molecule has 1 saturated heterocycles. The van der Waals surface area contributed by atoms with Crippen molar-refractivity contribution < 1.29 is 19.5 Å². The zero-order valence-electron chi connectivity index (χ0n) is 11.5. The van der Waals surface area contributed by atoms with Crippen LogP contribution in [-0.2, 0) is 14.4 Å². The molecule has 1 aliphatic heterocycles. The van der Waals surface area contributed by atoms with E-state index in [4.69, 9.17) is 5.11 Å². The number of carbonyl (C=O) groups excluding carboxylic acids is 2.